The molecule has 0 saturated heterocycles. The van der Waals surface area contributed by atoms with Crippen molar-refractivity contribution in [3.8, 4) is 0 Å². The summed E-state index contributed by atoms with van der Waals surface area (Å²) in [5.74, 6) is -0.975. The fourth-order valence-corrected chi connectivity index (χ4v) is 6.60. The van der Waals surface area contributed by atoms with Crippen LogP contribution in [0, 0.1) is 0 Å². The van der Waals surface area contributed by atoms with Gasteiger partial charge in [0.05, 0.1) is 17.9 Å². The molecular weight excluding hydrogens is 570 g/mol. The fraction of sp³-hybridized carbons (Fsp3) is 0.919. The molecule has 0 aromatic rings. The molecule has 0 rings (SSSR count). The minimum Gasteiger partial charge on any atom is -0.387 e. The zero-order valence-electron chi connectivity index (χ0n) is 29.1. The van der Waals surface area contributed by atoms with Crippen molar-refractivity contribution in [2.75, 3.05) is 5.75 Å². The quantitative estimate of drug-likeness (QED) is 0.0368. The summed E-state index contributed by atoms with van der Waals surface area (Å²) < 4.78 is 32.3. The van der Waals surface area contributed by atoms with Gasteiger partial charge >= 0.3 is 0 Å². The third kappa shape index (κ3) is 32.5. The Bertz CT molecular complexity index is 755. The number of aliphatic hydroxyl groups excluding tert-OH is 1. The van der Waals surface area contributed by atoms with E-state index in [1.54, 1.807) is 6.08 Å². The van der Waals surface area contributed by atoms with Crippen LogP contribution < -0.4 is 5.32 Å². The maximum Gasteiger partial charge on any atom is 0.267 e. The molecule has 0 bridgehead atoms. The molecular formula is C37H73NO5S. The van der Waals surface area contributed by atoms with Gasteiger partial charge in [-0.2, -0.15) is 8.42 Å². The second-order valence-corrected chi connectivity index (χ2v) is 14.7. The molecule has 0 spiro atoms. The van der Waals surface area contributed by atoms with E-state index in [-0.39, 0.29) is 5.91 Å². The van der Waals surface area contributed by atoms with Crippen LogP contribution in [0.2, 0.25) is 0 Å². The highest BCUT2D eigenvalue weighted by atomic mass is 32.2. The summed E-state index contributed by atoms with van der Waals surface area (Å²) >= 11 is 0. The van der Waals surface area contributed by atoms with Crippen LogP contribution in [-0.2, 0) is 14.9 Å². The molecule has 0 radical (unpaired) electrons. The van der Waals surface area contributed by atoms with Gasteiger partial charge in [0.15, 0.2) is 0 Å². The minimum atomic E-state index is -4.33. The first-order chi connectivity index (χ1) is 21.3. The van der Waals surface area contributed by atoms with Crippen LogP contribution in [0.4, 0.5) is 0 Å². The van der Waals surface area contributed by atoms with Crippen molar-refractivity contribution >= 4 is 16.0 Å². The van der Waals surface area contributed by atoms with E-state index < -0.39 is 28.0 Å². The number of allylic oxidation sites excluding steroid dienone is 1. The molecule has 7 heteroatoms. The number of unbranched alkanes of at least 4 members (excludes halogenated alkanes) is 26. The molecule has 0 aromatic heterocycles. The zero-order valence-corrected chi connectivity index (χ0v) is 29.9. The summed E-state index contributed by atoms with van der Waals surface area (Å²) in [6.45, 7) is 4.48. The van der Waals surface area contributed by atoms with E-state index in [2.05, 4.69) is 19.2 Å². The predicted octanol–water partition coefficient (Wildman–Crippen LogP) is 10.6. The van der Waals surface area contributed by atoms with Gasteiger partial charge in [0.25, 0.3) is 10.1 Å². The summed E-state index contributed by atoms with van der Waals surface area (Å²) in [5, 5.41) is 13.1. The van der Waals surface area contributed by atoms with E-state index in [1.807, 2.05) is 6.08 Å². The lowest BCUT2D eigenvalue weighted by Gasteiger charge is -2.21. The van der Waals surface area contributed by atoms with Crippen molar-refractivity contribution in [3.63, 3.8) is 0 Å². The molecule has 1 amide bonds. The lowest BCUT2D eigenvalue weighted by atomic mass is 10.0. The first kappa shape index (κ1) is 43.1. The number of nitrogens with one attached hydrogen (secondary N) is 1. The van der Waals surface area contributed by atoms with E-state index >= 15 is 0 Å². The van der Waals surface area contributed by atoms with Gasteiger partial charge in [0.1, 0.15) is 0 Å². The van der Waals surface area contributed by atoms with E-state index in [1.165, 1.54) is 141 Å². The number of amides is 1. The largest absolute Gasteiger partial charge is 0.387 e. The standard InChI is InChI=1S/C37H73NO5S/c1-3-5-7-9-11-13-14-15-16-17-18-19-20-21-22-23-24-25-26-28-30-32-36(39)35(34-44(41,42)43)38-37(40)33-31-29-27-12-10-8-6-4-2/h30,32,35-36,39H,3-29,31,33-34H2,1-2H3,(H,38,40)(H,41,42,43)/b32-30+. The van der Waals surface area contributed by atoms with E-state index in [0.29, 0.717) is 6.42 Å². The second-order valence-electron chi connectivity index (χ2n) is 13.2. The first-order valence-electron chi connectivity index (χ1n) is 18.9. The molecule has 0 aliphatic carbocycles. The minimum absolute atomic E-state index is 0.282. The summed E-state index contributed by atoms with van der Waals surface area (Å²) in [4.78, 5) is 12.4. The summed E-state index contributed by atoms with van der Waals surface area (Å²) in [5.41, 5.74) is 0. The Morgan fingerprint density at radius 2 is 0.932 bits per heavy atom. The van der Waals surface area contributed by atoms with Gasteiger partial charge in [-0.15, -0.1) is 0 Å². The zero-order chi connectivity index (χ0) is 32.6. The van der Waals surface area contributed by atoms with Gasteiger partial charge in [-0.3, -0.25) is 9.35 Å². The highest BCUT2D eigenvalue weighted by molar-refractivity contribution is 7.85. The van der Waals surface area contributed by atoms with Crippen molar-refractivity contribution in [1.82, 2.24) is 5.32 Å². The normalized spacial score (nSPS) is 13.5. The van der Waals surface area contributed by atoms with Crippen LogP contribution in [0.1, 0.15) is 200 Å². The highest BCUT2D eigenvalue weighted by Gasteiger charge is 2.24. The molecule has 262 valence electrons. The lowest BCUT2D eigenvalue weighted by molar-refractivity contribution is -0.122. The first-order valence-corrected chi connectivity index (χ1v) is 20.5. The van der Waals surface area contributed by atoms with Crippen molar-refractivity contribution < 1.29 is 22.9 Å². The Morgan fingerprint density at radius 3 is 1.30 bits per heavy atom. The Morgan fingerprint density at radius 1 is 0.591 bits per heavy atom. The van der Waals surface area contributed by atoms with Gasteiger partial charge in [0.2, 0.25) is 5.91 Å². The van der Waals surface area contributed by atoms with Gasteiger partial charge in [-0.25, -0.2) is 0 Å². The van der Waals surface area contributed by atoms with Crippen LogP contribution in [0.3, 0.4) is 0 Å². The highest BCUT2D eigenvalue weighted by Crippen LogP contribution is 2.15. The van der Waals surface area contributed by atoms with Gasteiger partial charge in [-0.1, -0.05) is 187 Å². The Kier molecular flexibility index (Phi) is 31.4. The predicted molar refractivity (Wildman–Crippen MR) is 189 cm³/mol. The maximum absolute atomic E-state index is 12.4. The van der Waals surface area contributed by atoms with Crippen molar-refractivity contribution in [1.29, 1.82) is 0 Å². The molecule has 0 saturated carbocycles. The number of hydrogen-bond acceptors (Lipinski definition) is 4. The topological polar surface area (TPSA) is 104 Å². The Balaban J connectivity index is 3.83. The third-order valence-corrected chi connectivity index (χ3v) is 9.49. The van der Waals surface area contributed by atoms with E-state index in [4.69, 9.17) is 0 Å². The maximum atomic E-state index is 12.4. The van der Waals surface area contributed by atoms with Crippen molar-refractivity contribution in [3.05, 3.63) is 12.2 Å². The third-order valence-electron chi connectivity index (χ3n) is 8.71. The number of rotatable bonds is 34. The van der Waals surface area contributed by atoms with Crippen molar-refractivity contribution in [2.45, 2.75) is 212 Å². The Hall–Kier alpha value is -0.920. The molecule has 0 heterocycles. The molecule has 0 aliphatic heterocycles. The summed E-state index contributed by atoms with van der Waals surface area (Å²) in [7, 11) is -4.33. The van der Waals surface area contributed by atoms with Gasteiger partial charge in [-0.05, 0) is 19.3 Å². The molecule has 6 nitrogen and oxygen atoms in total. The number of hydrogen-bond donors (Lipinski definition) is 3. The SMILES string of the molecule is CCCCCCCCCCCCCCCCCCCCC/C=C/C(O)C(CS(=O)(=O)O)NC(=O)CCCCCCCCCC. The average Bonchev–Trinajstić information content (AvgIpc) is 2.98. The number of aliphatic hydroxyl groups is 1. The average molecular weight is 644 g/mol. The molecule has 2 unspecified atom stereocenters. The monoisotopic (exact) mass is 644 g/mol. The molecule has 3 N–H and O–H groups in total. The lowest BCUT2D eigenvalue weighted by Crippen LogP contribution is -2.46. The smallest absolute Gasteiger partial charge is 0.267 e. The van der Waals surface area contributed by atoms with E-state index in [9.17, 15) is 22.9 Å². The van der Waals surface area contributed by atoms with Crippen molar-refractivity contribution in [2.24, 2.45) is 0 Å². The molecule has 0 aromatic carbocycles. The number of carbonyl (C=O) groups excluding carboxylic acids is 1. The molecule has 2 atom stereocenters. The fourth-order valence-electron chi connectivity index (χ4n) is 5.86. The van der Waals surface area contributed by atoms with Crippen LogP contribution in [0.15, 0.2) is 12.2 Å². The molecule has 44 heavy (non-hydrogen) atoms. The summed E-state index contributed by atoms with van der Waals surface area (Å²) in [6.07, 6.45) is 37.9. The number of carbonyl (C=O) groups is 1. The van der Waals surface area contributed by atoms with Crippen LogP contribution >= 0.6 is 0 Å². The Labute approximate surface area is 273 Å². The molecule has 0 aliphatic rings. The van der Waals surface area contributed by atoms with Crippen LogP contribution in [0.25, 0.3) is 0 Å². The van der Waals surface area contributed by atoms with Gasteiger partial charge in [0, 0.05) is 6.42 Å². The van der Waals surface area contributed by atoms with E-state index in [0.717, 1.165) is 38.5 Å². The summed E-state index contributed by atoms with van der Waals surface area (Å²) in [6, 6.07) is -1.05. The van der Waals surface area contributed by atoms with Gasteiger partial charge < -0.3 is 10.4 Å². The molecule has 0 fully saturated rings. The van der Waals surface area contributed by atoms with Crippen LogP contribution in [0.5, 0.6) is 0 Å². The second kappa shape index (κ2) is 32.0. The van der Waals surface area contributed by atoms with Crippen LogP contribution in [-0.4, -0.2) is 41.9 Å².